The summed E-state index contributed by atoms with van der Waals surface area (Å²) < 4.78 is 1.95. The number of rotatable bonds is 7. The SMILES string of the molecule is Cc1ccccc1CSc1nnc(C(C)NC(=O)Nc2cccc(C#N)c2)n1-c1cc(Cl)ccc1C. The van der Waals surface area contributed by atoms with Crippen LogP contribution >= 0.6 is 23.4 Å². The molecule has 2 N–H and O–H groups in total. The molecule has 0 aliphatic rings. The molecular weight excluding hydrogens is 492 g/mol. The molecule has 1 unspecified atom stereocenters. The lowest BCUT2D eigenvalue weighted by molar-refractivity contribution is 0.249. The van der Waals surface area contributed by atoms with Crippen LogP contribution in [0.25, 0.3) is 5.69 Å². The third-order valence-corrected chi connectivity index (χ3v) is 6.89. The number of nitriles is 1. The summed E-state index contributed by atoms with van der Waals surface area (Å²) in [6, 6.07) is 21.8. The van der Waals surface area contributed by atoms with Gasteiger partial charge >= 0.3 is 6.03 Å². The van der Waals surface area contributed by atoms with Crippen LogP contribution in [-0.4, -0.2) is 20.8 Å². The standard InChI is InChI=1S/C27H25ClN6OS/c1-17-7-4-5-9-21(17)16-36-27-33-32-25(34(27)24-14-22(28)12-11-18(24)2)19(3)30-26(35)31-23-10-6-8-20(13-23)15-29/h4-14,19H,16H2,1-3H3,(H2,30,31,35). The molecule has 4 aromatic rings. The Balaban J connectivity index is 1.61. The molecule has 1 heterocycles. The molecule has 0 spiro atoms. The third kappa shape index (κ3) is 5.88. The number of thioether (sulfide) groups is 1. The number of hydrogen-bond acceptors (Lipinski definition) is 5. The van der Waals surface area contributed by atoms with Crippen molar-refractivity contribution >= 4 is 35.1 Å². The van der Waals surface area contributed by atoms with Gasteiger partial charge in [0.15, 0.2) is 11.0 Å². The van der Waals surface area contributed by atoms with Gasteiger partial charge in [0.2, 0.25) is 0 Å². The van der Waals surface area contributed by atoms with Crippen molar-refractivity contribution in [2.45, 2.75) is 37.7 Å². The second kappa shape index (κ2) is 11.3. The van der Waals surface area contributed by atoms with Gasteiger partial charge in [0.05, 0.1) is 23.4 Å². The average Bonchev–Trinajstić information content (AvgIpc) is 3.29. The second-order valence-electron chi connectivity index (χ2n) is 8.33. The first-order valence-corrected chi connectivity index (χ1v) is 12.7. The number of carbonyl (C=O) groups excluding carboxylic acids is 1. The zero-order valence-corrected chi connectivity index (χ0v) is 21.7. The Hall–Kier alpha value is -3.80. The van der Waals surface area contributed by atoms with Crippen LogP contribution in [0.3, 0.4) is 0 Å². The normalized spacial score (nSPS) is 11.5. The van der Waals surface area contributed by atoms with Crippen molar-refractivity contribution in [2.24, 2.45) is 0 Å². The predicted molar refractivity (Wildman–Crippen MR) is 144 cm³/mol. The molecule has 0 saturated heterocycles. The molecule has 3 aromatic carbocycles. The maximum absolute atomic E-state index is 12.7. The minimum atomic E-state index is -0.470. The summed E-state index contributed by atoms with van der Waals surface area (Å²) in [5.41, 5.74) is 5.27. The number of anilines is 1. The van der Waals surface area contributed by atoms with Gasteiger partial charge in [-0.3, -0.25) is 4.57 Å². The van der Waals surface area contributed by atoms with Gasteiger partial charge in [-0.25, -0.2) is 4.79 Å². The van der Waals surface area contributed by atoms with E-state index in [-0.39, 0.29) is 0 Å². The Morgan fingerprint density at radius 3 is 2.67 bits per heavy atom. The zero-order valence-electron chi connectivity index (χ0n) is 20.1. The Morgan fingerprint density at radius 1 is 1.08 bits per heavy atom. The van der Waals surface area contributed by atoms with Crippen LogP contribution in [0.15, 0.2) is 71.9 Å². The maximum atomic E-state index is 12.7. The van der Waals surface area contributed by atoms with Crippen LogP contribution in [0.4, 0.5) is 10.5 Å². The number of aromatic nitrogens is 3. The Kier molecular flexibility index (Phi) is 7.93. The minimum Gasteiger partial charge on any atom is -0.328 e. The molecule has 0 bridgehead atoms. The van der Waals surface area contributed by atoms with E-state index in [4.69, 9.17) is 16.9 Å². The van der Waals surface area contributed by atoms with Gasteiger partial charge in [0.25, 0.3) is 0 Å². The Bertz CT molecular complexity index is 1440. The molecule has 1 atom stereocenters. The Morgan fingerprint density at radius 2 is 1.89 bits per heavy atom. The molecule has 9 heteroatoms. The Labute approximate surface area is 219 Å². The fourth-order valence-corrected chi connectivity index (χ4v) is 4.91. The fraction of sp³-hybridized carbons (Fsp3) is 0.185. The number of carbonyl (C=O) groups is 1. The second-order valence-corrected chi connectivity index (χ2v) is 9.71. The molecule has 0 radical (unpaired) electrons. The molecule has 0 fully saturated rings. The summed E-state index contributed by atoms with van der Waals surface area (Å²) in [5, 5.41) is 25.0. The first kappa shape index (κ1) is 25.3. The molecule has 7 nitrogen and oxygen atoms in total. The van der Waals surface area contributed by atoms with Crippen LogP contribution in [-0.2, 0) is 5.75 Å². The number of urea groups is 1. The van der Waals surface area contributed by atoms with E-state index in [2.05, 4.69) is 46.0 Å². The van der Waals surface area contributed by atoms with E-state index < -0.39 is 12.1 Å². The van der Waals surface area contributed by atoms with E-state index in [1.807, 2.05) is 48.7 Å². The lowest BCUT2D eigenvalue weighted by Crippen LogP contribution is -2.32. The summed E-state index contributed by atoms with van der Waals surface area (Å²) in [6.45, 7) is 5.93. The molecular formula is C27H25ClN6OS. The van der Waals surface area contributed by atoms with Gasteiger partial charge in [0, 0.05) is 16.5 Å². The van der Waals surface area contributed by atoms with E-state index in [1.165, 1.54) is 11.1 Å². The molecule has 182 valence electrons. The lowest BCUT2D eigenvalue weighted by Gasteiger charge is -2.18. The van der Waals surface area contributed by atoms with Gasteiger partial charge in [0.1, 0.15) is 0 Å². The molecule has 4 rings (SSSR count). The van der Waals surface area contributed by atoms with E-state index in [0.29, 0.717) is 27.3 Å². The topological polar surface area (TPSA) is 95.6 Å². The predicted octanol–water partition coefficient (Wildman–Crippen LogP) is 6.58. The summed E-state index contributed by atoms with van der Waals surface area (Å²) >= 11 is 7.92. The van der Waals surface area contributed by atoms with Crippen molar-refractivity contribution in [3.05, 3.63) is 99.8 Å². The number of amides is 2. The number of nitrogens with one attached hydrogen (secondary N) is 2. The van der Waals surface area contributed by atoms with Crippen molar-refractivity contribution in [3.63, 3.8) is 0 Å². The molecule has 1 aromatic heterocycles. The van der Waals surface area contributed by atoms with Gasteiger partial charge in [-0.2, -0.15) is 5.26 Å². The van der Waals surface area contributed by atoms with Crippen LogP contribution in [0.2, 0.25) is 5.02 Å². The molecule has 0 aliphatic carbocycles. The van der Waals surface area contributed by atoms with Crippen LogP contribution < -0.4 is 10.6 Å². The summed E-state index contributed by atoms with van der Waals surface area (Å²) in [5.74, 6) is 1.30. The number of nitrogens with zero attached hydrogens (tertiary/aromatic N) is 4. The van der Waals surface area contributed by atoms with Crippen molar-refractivity contribution in [1.82, 2.24) is 20.1 Å². The minimum absolute atomic E-state index is 0.413. The highest BCUT2D eigenvalue weighted by Gasteiger charge is 2.22. The van der Waals surface area contributed by atoms with Crippen molar-refractivity contribution in [2.75, 3.05) is 5.32 Å². The number of aryl methyl sites for hydroxylation is 2. The highest BCUT2D eigenvalue weighted by atomic mass is 35.5. The van der Waals surface area contributed by atoms with Crippen molar-refractivity contribution in [1.29, 1.82) is 5.26 Å². The lowest BCUT2D eigenvalue weighted by atomic mass is 10.1. The van der Waals surface area contributed by atoms with E-state index in [1.54, 1.807) is 36.0 Å². The maximum Gasteiger partial charge on any atom is 0.319 e. The summed E-state index contributed by atoms with van der Waals surface area (Å²) in [7, 11) is 0. The first-order chi connectivity index (χ1) is 17.4. The summed E-state index contributed by atoms with van der Waals surface area (Å²) in [6.07, 6.45) is 0. The number of hydrogen-bond donors (Lipinski definition) is 2. The van der Waals surface area contributed by atoms with Crippen molar-refractivity contribution < 1.29 is 4.79 Å². The largest absolute Gasteiger partial charge is 0.328 e. The van der Waals surface area contributed by atoms with Crippen LogP contribution in [0, 0.1) is 25.2 Å². The first-order valence-electron chi connectivity index (χ1n) is 11.3. The van der Waals surface area contributed by atoms with Crippen LogP contribution in [0.5, 0.6) is 0 Å². The smallest absolute Gasteiger partial charge is 0.319 e. The molecule has 0 saturated carbocycles. The average molecular weight is 517 g/mol. The molecule has 2 amide bonds. The van der Waals surface area contributed by atoms with Gasteiger partial charge in [-0.05, 0) is 67.8 Å². The van der Waals surface area contributed by atoms with Crippen LogP contribution in [0.1, 0.15) is 41.0 Å². The van der Waals surface area contributed by atoms with Crippen molar-refractivity contribution in [3.8, 4) is 11.8 Å². The van der Waals surface area contributed by atoms with E-state index in [9.17, 15) is 4.79 Å². The highest BCUT2D eigenvalue weighted by Crippen LogP contribution is 2.31. The van der Waals surface area contributed by atoms with E-state index >= 15 is 0 Å². The van der Waals surface area contributed by atoms with Gasteiger partial charge in [-0.1, -0.05) is 59.8 Å². The van der Waals surface area contributed by atoms with Gasteiger partial charge in [-0.15, -0.1) is 10.2 Å². The fourth-order valence-electron chi connectivity index (χ4n) is 3.71. The molecule has 0 aliphatic heterocycles. The third-order valence-electron chi connectivity index (χ3n) is 5.67. The van der Waals surface area contributed by atoms with E-state index in [0.717, 1.165) is 17.0 Å². The highest BCUT2D eigenvalue weighted by molar-refractivity contribution is 7.98. The molecule has 36 heavy (non-hydrogen) atoms. The zero-order chi connectivity index (χ0) is 25.7. The summed E-state index contributed by atoms with van der Waals surface area (Å²) in [4.78, 5) is 12.7. The number of benzene rings is 3. The monoisotopic (exact) mass is 516 g/mol. The quantitative estimate of drug-likeness (QED) is 0.270. The number of halogens is 1. The van der Waals surface area contributed by atoms with Gasteiger partial charge < -0.3 is 10.6 Å².